The Morgan fingerprint density at radius 1 is 0.923 bits per heavy atom. The molecule has 0 fully saturated rings. The van der Waals surface area contributed by atoms with Gasteiger partial charge in [0.2, 0.25) is 11.8 Å². The molecule has 2 aromatic rings. The van der Waals surface area contributed by atoms with Gasteiger partial charge < -0.3 is 21.7 Å². The minimum atomic E-state index is -0.562. The molecule has 5 N–H and O–H groups in total. The third-order valence-electron chi connectivity index (χ3n) is 3.59. The van der Waals surface area contributed by atoms with Crippen molar-refractivity contribution in [3.8, 4) is 0 Å². The number of anilines is 3. The molecule has 0 heterocycles. The summed E-state index contributed by atoms with van der Waals surface area (Å²) in [5.74, 6) is -1.02. The van der Waals surface area contributed by atoms with Gasteiger partial charge in [-0.3, -0.25) is 14.4 Å². The van der Waals surface area contributed by atoms with Crippen LogP contribution in [0.3, 0.4) is 0 Å². The molecule has 0 aliphatic rings. The highest BCUT2D eigenvalue weighted by molar-refractivity contribution is 6.00. The number of nitrogens with two attached hydrogens (primary N) is 1. The standard InChI is InChI=1S/C19H22N4O3/c1-12(2)19(26)23-14-9-7-13(8-10-14)22-17(24)11-21-16-6-4-3-5-15(16)18(20)25/h3-10,12,21H,11H2,1-2H3,(H2,20,25)(H,22,24)(H,23,26). The highest BCUT2D eigenvalue weighted by atomic mass is 16.2. The van der Waals surface area contributed by atoms with Crippen molar-refractivity contribution in [3.05, 3.63) is 54.1 Å². The van der Waals surface area contributed by atoms with Gasteiger partial charge in [-0.05, 0) is 36.4 Å². The molecule has 0 atom stereocenters. The van der Waals surface area contributed by atoms with Crippen LogP contribution in [-0.4, -0.2) is 24.3 Å². The lowest BCUT2D eigenvalue weighted by Crippen LogP contribution is -2.23. The molecule has 0 saturated heterocycles. The Morgan fingerprint density at radius 3 is 2.08 bits per heavy atom. The first-order valence-corrected chi connectivity index (χ1v) is 8.20. The van der Waals surface area contributed by atoms with Crippen LogP contribution >= 0.6 is 0 Å². The summed E-state index contributed by atoms with van der Waals surface area (Å²) in [6, 6.07) is 13.5. The first-order valence-electron chi connectivity index (χ1n) is 8.20. The van der Waals surface area contributed by atoms with Crippen molar-refractivity contribution in [2.45, 2.75) is 13.8 Å². The van der Waals surface area contributed by atoms with Crippen LogP contribution in [0.15, 0.2) is 48.5 Å². The molecule has 0 aliphatic heterocycles. The maximum atomic E-state index is 12.1. The average Bonchev–Trinajstić information content (AvgIpc) is 2.61. The minimum absolute atomic E-state index is 0.0177. The smallest absolute Gasteiger partial charge is 0.250 e. The molecule has 2 aromatic carbocycles. The van der Waals surface area contributed by atoms with Crippen molar-refractivity contribution < 1.29 is 14.4 Å². The second kappa shape index (κ2) is 8.66. The van der Waals surface area contributed by atoms with E-state index in [1.807, 2.05) is 13.8 Å². The molecule has 0 bridgehead atoms. The summed E-state index contributed by atoms with van der Waals surface area (Å²) in [5, 5.41) is 8.41. The lowest BCUT2D eigenvalue weighted by molar-refractivity contribution is -0.119. The van der Waals surface area contributed by atoms with Crippen molar-refractivity contribution in [1.29, 1.82) is 0 Å². The largest absolute Gasteiger partial charge is 0.376 e. The van der Waals surface area contributed by atoms with Crippen LogP contribution < -0.4 is 21.7 Å². The third-order valence-corrected chi connectivity index (χ3v) is 3.59. The van der Waals surface area contributed by atoms with Gasteiger partial charge >= 0.3 is 0 Å². The van der Waals surface area contributed by atoms with Crippen molar-refractivity contribution in [2.75, 3.05) is 22.5 Å². The predicted molar refractivity (Wildman–Crippen MR) is 102 cm³/mol. The Hall–Kier alpha value is -3.35. The van der Waals surface area contributed by atoms with Crippen molar-refractivity contribution in [3.63, 3.8) is 0 Å². The molecule has 2 rings (SSSR count). The van der Waals surface area contributed by atoms with E-state index in [0.717, 1.165) is 0 Å². The SMILES string of the molecule is CC(C)C(=O)Nc1ccc(NC(=O)CNc2ccccc2C(N)=O)cc1. The maximum absolute atomic E-state index is 12.1. The Morgan fingerprint density at radius 2 is 1.50 bits per heavy atom. The van der Waals surface area contributed by atoms with Gasteiger partial charge in [-0.25, -0.2) is 0 Å². The summed E-state index contributed by atoms with van der Waals surface area (Å²) >= 11 is 0. The topological polar surface area (TPSA) is 113 Å². The molecule has 0 unspecified atom stereocenters. The number of carbonyl (C=O) groups is 3. The molecule has 0 radical (unpaired) electrons. The van der Waals surface area contributed by atoms with Gasteiger partial charge in [0, 0.05) is 23.0 Å². The number of benzene rings is 2. The van der Waals surface area contributed by atoms with E-state index >= 15 is 0 Å². The first-order chi connectivity index (χ1) is 12.4. The summed E-state index contributed by atoms with van der Waals surface area (Å²) in [6.07, 6.45) is 0. The zero-order chi connectivity index (χ0) is 19.1. The van der Waals surface area contributed by atoms with Gasteiger partial charge in [0.25, 0.3) is 5.91 Å². The van der Waals surface area contributed by atoms with Crippen LogP contribution in [0.2, 0.25) is 0 Å². The number of nitrogens with one attached hydrogen (secondary N) is 3. The van der Waals surface area contributed by atoms with Crippen LogP contribution in [-0.2, 0) is 9.59 Å². The number of primary amides is 1. The fourth-order valence-corrected chi connectivity index (χ4v) is 2.16. The summed E-state index contributed by atoms with van der Waals surface area (Å²) in [4.78, 5) is 35.1. The molecular formula is C19H22N4O3. The Kier molecular flexibility index (Phi) is 6.32. The zero-order valence-corrected chi connectivity index (χ0v) is 14.7. The second-order valence-electron chi connectivity index (χ2n) is 6.03. The number of hydrogen-bond donors (Lipinski definition) is 4. The average molecular weight is 354 g/mol. The molecule has 7 nitrogen and oxygen atoms in total. The summed E-state index contributed by atoms with van der Waals surface area (Å²) in [5.41, 5.74) is 7.39. The number of rotatable bonds is 7. The van der Waals surface area contributed by atoms with E-state index in [0.29, 0.717) is 22.6 Å². The molecule has 0 saturated carbocycles. The van der Waals surface area contributed by atoms with E-state index in [1.54, 1.807) is 48.5 Å². The van der Waals surface area contributed by atoms with Crippen LogP contribution in [0.5, 0.6) is 0 Å². The van der Waals surface area contributed by atoms with E-state index in [4.69, 9.17) is 5.73 Å². The van der Waals surface area contributed by atoms with Gasteiger partial charge in [-0.2, -0.15) is 0 Å². The van der Waals surface area contributed by atoms with Gasteiger partial charge in [0.1, 0.15) is 0 Å². The van der Waals surface area contributed by atoms with Gasteiger partial charge in [0.05, 0.1) is 12.1 Å². The van der Waals surface area contributed by atoms with Crippen molar-refractivity contribution in [2.24, 2.45) is 11.7 Å². The number of amides is 3. The fraction of sp³-hybridized carbons (Fsp3) is 0.211. The van der Waals surface area contributed by atoms with Crippen molar-refractivity contribution >= 4 is 34.8 Å². The molecule has 0 aliphatic carbocycles. The molecular weight excluding hydrogens is 332 g/mol. The fourth-order valence-electron chi connectivity index (χ4n) is 2.16. The summed E-state index contributed by atoms with van der Waals surface area (Å²) < 4.78 is 0. The Balaban J connectivity index is 1.90. The van der Waals surface area contributed by atoms with Gasteiger partial charge in [-0.15, -0.1) is 0 Å². The molecule has 26 heavy (non-hydrogen) atoms. The predicted octanol–water partition coefficient (Wildman–Crippen LogP) is 2.43. The highest BCUT2D eigenvalue weighted by Crippen LogP contribution is 2.16. The lowest BCUT2D eigenvalue weighted by Gasteiger charge is -2.11. The second-order valence-corrected chi connectivity index (χ2v) is 6.03. The molecule has 0 spiro atoms. The normalized spacial score (nSPS) is 10.3. The zero-order valence-electron chi connectivity index (χ0n) is 14.7. The van der Waals surface area contributed by atoms with Crippen LogP contribution in [0, 0.1) is 5.92 Å². The van der Waals surface area contributed by atoms with Gasteiger partial charge in [-0.1, -0.05) is 26.0 Å². The van der Waals surface area contributed by atoms with Crippen LogP contribution in [0.1, 0.15) is 24.2 Å². The van der Waals surface area contributed by atoms with E-state index in [1.165, 1.54) is 0 Å². The van der Waals surface area contributed by atoms with E-state index in [2.05, 4.69) is 16.0 Å². The molecule has 7 heteroatoms. The molecule has 136 valence electrons. The number of carbonyl (C=O) groups excluding carboxylic acids is 3. The lowest BCUT2D eigenvalue weighted by atomic mass is 10.1. The third kappa shape index (κ3) is 5.34. The Labute approximate surface area is 152 Å². The molecule has 3 amide bonds. The maximum Gasteiger partial charge on any atom is 0.250 e. The van der Waals surface area contributed by atoms with Crippen LogP contribution in [0.4, 0.5) is 17.1 Å². The summed E-state index contributed by atoms with van der Waals surface area (Å²) in [7, 11) is 0. The van der Waals surface area contributed by atoms with E-state index in [9.17, 15) is 14.4 Å². The summed E-state index contributed by atoms with van der Waals surface area (Å²) in [6.45, 7) is 3.61. The van der Waals surface area contributed by atoms with Crippen molar-refractivity contribution in [1.82, 2.24) is 0 Å². The number of hydrogen-bond acceptors (Lipinski definition) is 4. The van der Waals surface area contributed by atoms with Crippen LogP contribution in [0.25, 0.3) is 0 Å². The van der Waals surface area contributed by atoms with Gasteiger partial charge in [0.15, 0.2) is 0 Å². The molecule has 0 aromatic heterocycles. The first kappa shape index (κ1) is 19.0. The van der Waals surface area contributed by atoms with E-state index in [-0.39, 0.29) is 24.3 Å². The minimum Gasteiger partial charge on any atom is -0.376 e. The van der Waals surface area contributed by atoms with E-state index < -0.39 is 5.91 Å². The Bertz CT molecular complexity index is 801. The highest BCUT2D eigenvalue weighted by Gasteiger charge is 2.09. The quantitative estimate of drug-likeness (QED) is 0.611. The number of para-hydroxylation sites is 1. The monoisotopic (exact) mass is 354 g/mol.